The van der Waals surface area contributed by atoms with E-state index >= 15 is 0 Å². The second-order valence-corrected chi connectivity index (χ2v) is 3.95. The van der Waals surface area contributed by atoms with Gasteiger partial charge in [-0.05, 0) is 18.0 Å². The molecule has 1 heterocycles. The third-order valence-electron chi connectivity index (χ3n) is 2.79. The summed E-state index contributed by atoms with van der Waals surface area (Å²) in [6.45, 7) is 0. The molecule has 2 rings (SSSR count). The summed E-state index contributed by atoms with van der Waals surface area (Å²) in [6, 6.07) is 0. The third kappa shape index (κ3) is 1.85. The monoisotopic (exact) mass is 211 g/mol. The van der Waals surface area contributed by atoms with E-state index < -0.39 is 11.5 Å². The molecule has 0 unspecified atom stereocenters. The predicted molar refractivity (Wildman–Crippen MR) is 50.2 cm³/mol. The molecule has 82 valence electrons. The molecule has 6 nitrogen and oxygen atoms in total. The van der Waals surface area contributed by atoms with Crippen LogP contribution in [0, 0.1) is 0 Å². The lowest BCUT2D eigenvalue weighted by Gasteiger charge is -2.29. The average Bonchev–Trinajstić information content (AvgIpc) is 2.68. The Bertz CT molecular complexity index is 368. The fraction of sp³-hybridized carbons (Fsp3) is 0.667. The largest absolute Gasteiger partial charge is 0.475 e. The van der Waals surface area contributed by atoms with Gasteiger partial charge in [0, 0.05) is 0 Å². The van der Waals surface area contributed by atoms with Crippen LogP contribution in [-0.2, 0) is 5.54 Å². The van der Waals surface area contributed by atoms with Crippen molar-refractivity contribution in [2.45, 2.75) is 37.6 Å². The van der Waals surface area contributed by atoms with Gasteiger partial charge >= 0.3 is 5.97 Å². The second-order valence-electron chi connectivity index (χ2n) is 3.95. The highest BCUT2D eigenvalue weighted by Gasteiger charge is 2.35. The van der Waals surface area contributed by atoms with E-state index in [1.807, 2.05) is 0 Å². The molecule has 3 N–H and O–H groups in total. The van der Waals surface area contributed by atoms with Gasteiger partial charge in [-0.1, -0.05) is 19.3 Å². The van der Waals surface area contributed by atoms with Crippen LogP contribution in [-0.4, -0.2) is 21.2 Å². The molecule has 0 atom stereocenters. The molecule has 0 radical (unpaired) electrons. The van der Waals surface area contributed by atoms with Gasteiger partial charge in [-0.2, -0.15) is 4.98 Å². The van der Waals surface area contributed by atoms with Gasteiger partial charge in [-0.25, -0.2) is 4.79 Å². The summed E-state index contributed by atoms with van der Waals surface area (Å²) in [4.78, 5) is 14.4. The summed E-state index contributed by atoms with van der Waals surface area (Å²) >= 11 is 0. The fourth-order valence-corrected chi connectivity index (χ4v) is 1.91. The number of hydrogen-bond donors (Lipinski definition) is 2. The maximum atomic E-state index is 10.6. The predicted octanol–water partition coefficient (Wildman–Crippen LogP) is 0.886. The third-order valence-corrected chi connectivity index (χ3v) is 2.79. The zero-order valence-corrected chi connectivity index (χ0v) is 8.27. The molecule has 1 aromatic heterocycles. The Hall–Kier alpha value is -1.43. The molecule has 6 heteroatoms. The fourth-order valence-electron chi connectivity index (χ4n) is 1.91. The molecule has 0 aromatic carbocycles. The minimum absolute atomic E-state index is 0.250. The number of carboxylic acid groups (broad SMARTS) is 1. The molecule has 1 saturated carbocycles. The Balaban J connectivity index is 2.23. The number of carbonyl (C=O) groups is 1. The molecule has 1 aliphatic rings. The zero-order chi connectivity index (χ0) is 10.9. The van der Waals surface area contributed by atoms with Crippen molar-refractivity contribution in [2.75, 3.05) is 0 Å². The standard InChI is InChI=1S/C9H13N3O3/c10-9(4-2-1-3-5-9)8-11-6(7(13)14)12-15-8/h1-5,10H2,(H,13,14). The van der Waals surface area contributed by atoms with E-state index in [1.165, 1.54) is 0 Å². The lowest BCUT2D eigenvalue weighted by atomic mass is 9.82. The Morgan fingerprint density at radius 3 is 2.60 bits per heavy atom. The summed E-state index contributed by atoms with van der Waals surface area (Å²) in [5.41, 5.74) is 5.48. The van der Waals surface area contributed by atoms with Crippen LogP contribution in [0.15, 0.2) is 4.52 Å². The number of aromatic nitrogens is 2. The number of nitrogens with two attached hydrogens (primary N) is 1. The topological polar surface area (TPSA) is 102 Å². The summed E-state index contributed by atoms with van der Waals surface area (Å²) in [6.07, 6.45) is 4.73. The van der Waals surface area contributed by atoms with Crippen molar-refractivity contribution in [1.82, 2.24) is 10.1 Å². The minimum Gasteiger partial charge on any atom is -0.475 e. The highest BCUT2D eigenvalue weighted by molar-refractivity contribution is 5.82. The van der Waals surface area contributed by atoms with Crippen LogP contribution in [0.1, 0.15) is 48.6 Å². The van der Waals surface area contributed by atoms with Crippen molar-refractivity contribution in [2.24, 2.45) is 5.73 Å². The normalized spacial score (nSPS) is 20.1. The number of rotatable bonds is 2. The first kappa shape index (κ1) is 10.1. The maximum absolute atomic E-state index is 10.6. The van der Waals surface area contributed by atoms with Crippen molar-refractivity contribution >= 4 is 5.97 Å². The van der Waals surface area contributed by atoms with Gasteiger partial charge in [0.15, 0.2) is 0 Å². The number of hydrogen-bond acceptors (Lipinski definition) is 5. The SMILES string of the molecule is NC1(c2nc(C(=O)O)no2)CCCCC1. The minimum atomic E-state index is -1.19. The van der Waals surface area contributed by atoms with Crippen LogP contribution in [0.2, 0.25) is 0 Å². The highest BCUT2D eigenvalue weighted by Crippen LogP contribution is 2.33. The number of aromatic carboxylic acids is 1. The van der Waals surface area contributed by atoms with E-state index in [-0.39, 0.29) is 11.7 Å². The van der Waals surface area contributed by atoms with Crippen LogP contribution in [0.25, 0.3) is 0 Å². The van der Waals surface area contributed by atoms with Gasteiger partial charge in [0.1, 0.15) is 0 Å². The molecule has 0 spiro atoms. The average molecular weight is 211 g/mol. The van der Waals surface area contributed by atoms with Crippen molar-refractivity contribution in [3.05, 3.63) is 11.7 Å². The molecular formula is C9H13N3O3. The summed E-state index contributed by atoms with van der Waals surface area (Å²) < 4.78 is 4.90. The van der Waals surface area contributed by atoms with E-state index in [9.17, 15) is 4.79 Å². The summed E-state index contributed by atoms with van der Waals surface area (Å²) in [5, 5.41) is 12.0. The number of nitrogens with zero attached hydrogens (tertiary/aromatic N) is 2. The second kappa shape index (κ2) is 3.62. The Labute approximate surface area is 86.5 Å². The molecule has 0 bridgehead atoms. The molecule has 0 amide bonds. The zero-order valence-electron chi connectivity index (χ0n) is 8.27. The van der Waals surface area contributed by atoms with Gasteiger partial charge in [0.2, 0.25) is 5.89 Å². The lowest BCUT2D eigenvalue weighted by Crippen LogP contribution is -2.39. The lowest BCUT2D eigenvalue weighted by molar-refractivity contribution is 0.0680. The molecule has 0 saturated heterocycles. The molecule has 15 heavy (non-hydrogen) atoms. The van der Waals surface area contributed by atoms with E-state index in [1.54, 1.807) is 0 Å². The van der Waals surface area contributed by atoms with Gasteiger partial charge < -0.3 is 15.4 Å². The van der Waals surface area contributed by atoms with Crippen molar-refractivity contribution in [3.8, 4) is 0 Å². The van der Waals surface area contributed by atoms with E-state index in [0.717, 1.165) is 32.1 Å². The summed E-state index contributed by atoms with van der Waals surface area (Å²) in [5.74, 6) is -1.26. The van der Waals surface area contributed by atoms with Crippen LogP contribution in [0.4, 0.5) is 0 Å². The van der Waals surface area contributed by atoms with Crippen LogP contribution in [0.3, 0.4) is 0 Å². The highest BCUT2D eigenvalue weighted by atomic mass is 16.5. The molecule has 1 aliphatic carbocycles. The quantitative estimate of drug-likeness (QED) is 0.752. The van der Waals surface area contributed by atoms with Gasteiger partial charge in [-0.15, -0.1) is 0 Å². The Morgan fingerprint density at radius 2 is 2.07 bits per heavy atom. The van der Waals surface area contributed by atoms with E-state index in [0.29, 0.717) is 0 Å². The van der Waals surface area contributed by atoms with Gasteiger partial charge in [0.25, 0.3) is 5.82 Å². The first-order valence-corrected chi connectivity index (χ1v) is 4.98. The first-order chi connectivity index (χ1) is 7.12. The van der Waals surface area contributed by atoms with Crippen molar-refractivity contribution in [3.63, 3.8) is 0 Å². The van der Waals surface area contributed by atoms with Crippen LogP contribution in [0.5, 0.6) is 0 Å². The van der Waals surface area contributed by atoms with Crippen LogP contribution < -0.4 is 5.73 Å². The summed E-state index contributed by atoms with van der Waals surface area (Å²) in [7, 11) is 0. The van der Waals surface area contributed by atoms with Gasteiger partial charge in [-0.3, -0.25) is 0 Å². The van der Waals surface area contributed by atoms with E-state index in [2.05, 4.69) is 10.1 Å². The van der Waals surface area contributed by atoms with Crippen molar-refractivity contribution in [1.29, 1.82) is 0 Å². The van der Waals surface area contributed by atoms with Crippen molar-refractivity contribution < 1.29 is 14.4 Å². The smallest absolute Gasteiger partial charge is 0.377 e. The van der Waals surface area contributed by atoms with Crippen LogP contribution >= 0.6 is 0 Å². The maximum Gasteiger partial charge on any atom is 0.377 e. The van der Waals surface area contributed by atoms with E-state index in [4.69, 9.17) is 15.4 Å². The van der Waals surface area contributed by atoms with Gasteiger partial charge in [0.05, 0.1) is 5.54 Å². The number of carboxylic acids is 1. The molecule has 1 fully saturated rings. The Kier molecular flexibility index (Phi) is 2.44. The Morgan fingerprint density at radius 1 is 1.40 bits per heavy atom. The first-order valence-electron chi connectivity index (χ1n) is 4.98. The molecule has 0 aliphatic heterocycles. The molecular weight excluding hydrogens is 198 g/mol. The molecule has 1 aromatic rings.